The second-order valence-electron chi connectivity index (χ2n) is 26.8. The third-order valence-corrected chi connectivity index (χ3v) is 18.6. The lowest BCUT2D eigenvalue weighted by molar-refractivity contribution is -0.161. The van der Waals surface area contributed by atoms with E-state index < -0.39 is 97.5 Å². The van der Waals surface area contributed by atoms with Gasteiger partial charge in [0.25, 0.3) is 0 Å². The zero-order valence-corrected chi connectivity index (χ0v) is 60.4. The van der Waals surface area contributed by atoms with E-state index >= 15 is 0 Å². The van der Waals surface area contributed by atoms with Crippen LogP contribution in [0.2, 0.25) is 0 Å². The van der Waals surface area contributed by atoms with E-state index in [1.54, 1.807) is 0 Å². The Morgan fingerprint density at radius 3 is 0.844 bits per heavy atom. The molecule has 0 spiro atoms. The average molecular weight is 1330 g/mol. The summed E-state index contributed by atoms with van der Waals surface area (Å²) < 4.78 is 68.3. The van der Waals surface area contributed by atoms with Gasteiger partial charge in [0.1, 0.15) is 19.3 Å². The van der Waals surface area contributed by atoms with Crippen molar-refractivity contribution in [1.29, 1.82) is 0 Å². The molecule has 0 bridgehead atoms. The fraction of sp³-hybridized carbons (Fsp3) is 0.944. The highest BCUT2D eigenvalue weighted by atomic mass is 31.2. The molecule has 0 radical (unpaired) electrons. The molecule has 0 aromatic carbocycles. The lowest BCUT2D eigenvalue weighted by Gasteiger charge is -2.21. The quantitative estimate of drug-likeness (QED) is 0.0222. The van der Waals surface area contributed by atoms with Gasteiger partial charge in [0.15, 0.2) is 12.2 Å². The summed E-state index contributed by atoms with van der Waals surface area (Å²) >= 11 is 0. The molecule has 0 aliphatic carbocycles. The molecule has 0 amide bonds. The number of unbranched alkanes of at least 4 members (excludes halogenated alkanes) is 36. The summed E-state index contributed by atoms with van der Waals surface area (Å²) in [4.78, 5) is 72.5. The number of hydrogen-bond acceptors (Lipinski definition) is 15. The first kappa shape index (κ1) is 88.1. The summed E-state index contributed by atoms with van der Waals surface area (Å²) in [5, 5.41) is 10.6. The highest BCUT2D eigenvalue weighted by molar-refractivity contribution is 7.47. The first-order valence-electron chi connectivity index (χ1n) is 36.9. The van der Waals surface area contributed by atoms with Crippen molar-refractivity contribution in [3.8, 4) is 0 Å². The van der Waals surface area contributed by atoms with Gasteiger partial charge in [-0.2, -0.15) is 0 Å². The maximum Gasteiger partial charge on any atom is 0.472 e. The van der Waals surface area contributed by atoms with Gasteiger partial charge in [-0.25, -0.2) is 9.13 Å². The van der Waals surface area contributed by atoms with Crippen LogP contribution in [0.5, 0.6) is 0 Å². The minimum Gasteiger partial charge on any atom is -0.462 e. The van der Waals surface area contributed by atoms with Crippen molar-refractivity contribution in [1.82, 2.24) is 0 Å². The van der Waals surface area contributed by atoms with E-state index in [0.717, 1.165) is 114 Å². The number of phosphoric acid groups is 2. The third kappa shape index (κ3) is 63.5. The molecule has 0 fully saturated rings. The van der Waals surface area contributed by atoms with Gasteiger partial charge < -0.3 is 33.8 Å². The molecule has 90 heavy (non-hydrogen) atoms. The minimum atomic E-state index is -4.95. The lowest BCUT2D eigenvalue weighted by Crippen LogP contribution is -2.30. The van der Waals surface area contributed by atoms with Gasteiger partial charge in [-0.1, -0.05) is 305 Å². The molecule has 0 saturated heterocycles. The average Bonchev–Trinajstić information content (AvgIpc) is 3.63. The fourth-order valence-electron chi connectivity index (χ4n) is 10.7. The molecule has 0 aromatic rings. The van der Waals surface area contributed by atoms with Crippen LogP contribution in [0.15, 0.2) is 0 Å². The molecular formula is C71H138O17P2. The Morgan fingerprint density at radius 1 is 0.322 bits per heavy atom. The van der Waals surface area contributed by atoms with E-state index in [-0.39, 0.29) is 25.7 Å². The van der Waals surface area contributed by atoms with Crippen molar-refractivity contribution in [2.24, 2.45) is 17.8 Å². The maximum atomic E-state index is 13.0. The molecule has 3 N–H and O–H groups in total. The molecule has 0 saturated carbocycles. The number of aliphatic hydroxyl groups excluding tert-OH is 1. The standard InChI is InChI=1S/C71H138O17P2/c1-8-10-11-12-13-31-38-45-52-68(73)81-58-66(88-71(76)55-48-41-34-27-26-30-37-44-51-64(7)9-2)60-85-89(77,78)83-56-65(72)57-84-90(79,80)86-61-67(59-82-69(74)53-46-39-32-24-21-17-19-23-29-36-43-50-63(5)6)87-70(75)54-47-40-33-25-20-16-14-15-18-22-28-35-42-49-62(3)4/h62-67,72H,8-61H2,1-7H3,(H,77,78)(H,79,80)/t64?,65-,66+,67+/m0/s1. The molecule has 19 heteroatoms. The fourth-order valence-corrected chi connectivity index (χ4v) is 12.3. The molecule has 0 heterocycles. The largest absolute Gasteiger partial charge is 0.472 e. The Balaban J connectivity index is 5.24. The van der Waals surface area contributed by atoms with Crippen molar-refractivity contribution in [3.05, 3.63) is 0 Å². The van der Waals surface area contributed by atoms with E-state index in [2.05, 4.69) is 48.5 Å². The molecule has 17 nitrogen and oxygen atoms in total. The lowest BCUT2D eigenvalue weighted by atomic mass is 9.99. The molecule has 3 unspecified atom stereocenters. The van der Waals surface area contributed by atoms with Crippen molar-refractivity contribution >= 4 is 39.5 Å². The van der Waals surface area contributed by atoms with Gasteiger partial charge in [-0.3, -0.25) is 37.3 Å². The summed E-state index contributed by atoms with van der Waals surface area (Å²) in [6.45, 7) is 11.9. The molecule has 0 rings (SSSR count). The topological polar surface area (TPSA) is 237 Å². The van der Waals surface area contributed by atoms with Crippen LogP contribution in [0, 0.1) is 17.8 Å². The molecule has 0 aliphatic rings. The number of carbonyl (C=O) groups is 4. The second-order valence-corrected chi connectivity index (χ2v) is 29.7. The van der Waals surface area contributed by atoms with Gasteiger partial charge >= 0.3 is 39.5 Å². The Bertz CT molecular complexity index is 1770. The van der Waals surface area contributed by atoms with Crippen LogP contribution < -0.4 is 0 Å². The van der Waals surface area contributed by atoms with Crippen LogP contribution in [-0.4, -0.2) is 96.7 Å². The number of esters is 4. The Hall–Kier alpha value is -1.94. The van der Waals surface area contributed by atoms with Crippen LogP contribution >= 0.6 is 15.6 Å². The molecule has 6 atom stereocenters. The number of phosphoric ester groups is 2. The zero-order chi connectivity index (χ0) is 66.6. The molecule has 0 aliphatic heterocycles. The number of aliphatic hydroxyl groups is 1. The predicted molar refractivity (Wildman–Crippen MR) is 363 cm³/mol. The van der Waals surface area contributed by atoms with E-state index in [1.807, 2.05) is 0 Å². The third-order valence-electron chi connectivity index (χ3n) is 16.7. The van der Waals surface area contributed by atoms with E-state index in [0.29, 0.717) is 25.7 Å². The van der Waals surface area contributed by atoms with Crippen molar-refractivity contribution < 1.29 is 80.2 Å². The predicted octanol–water partition coefficient (Wildman–Crippen LogP) is 20.2. The summed E-state index contributed by atoms with van der Waals surface area (Å²) in [6, 6.07) is 0. The smallest absolute Gasteiger partial charge is 0.462 e. The van der Waals surface area contributed by atoms with Crippen LogP contribution in [0.3, 0.4) is 0 Å². The molecular weight excluding hydrogens is 1190 g/mol. The monoisotopic (exact) mass is 1320 g/mol. The van der Waals surface area contributed by atoms with Crippen molar-refractivity contribution in [2.75, 3.05) is 39.6 Å². The normalized spacial score (nSPS) is 14.5. The van der Waals surface area contributed by atoms with Crippen LogP contribution in [0.25, 0.3) is 0 Å². The first-order valence-corrected chi connectivity index (χ1v) is 39.9. The summed E-state index contributed by atoms with van der Waals surface area (Å²) in [5.74, 6) is 0.200. The molecule has 534 valence electrons. The highest BCUT2D eigenvalue weighted by Gasteiger charge is 2.30. The van der Waals surface area contributed by atoms with E-state index in [4.69, 9.17) is 37.0 Å². The van der Waals surface area contributed by atoms with Crippen molar-refractivity contribution in [3.63, 3.8) is 0 Å². The number of carbonyl (C=O) groups excluding carboxylic acids is 4. The zero-order valence-electron chi connectivity index (χ0n) is 58.6. The number of hydrogen-bond donors (Lipinski definition) is 3. The highest BCUT2D eigenvalue weighted by Crippen LogP contribution is 2.45. The van der Waals surface area contributed by atoms with Gasteiger partial charge in [-0.05, 0) is 43.4 Å². The van der Waals surface area contributed by atoms with Gasteiger partial charge in [0.05, 0.1) is 26.4 Å². The number of rotatable bonds is 69. The summed E-state index contributed by atoms with van der Waals surface area (Å²) in [5.41, 5.74) is 0. The van der Waals surface area contributed by atoms with E-state index in [9.17, 15) is 43.2 Å². The maximum absolute atomic E-state index is 13.0. The van der Waals surface area contributed by atoms with Gasteiger partial charge in [0, 0.05) is 25.7 Å². The minimum absolute atomic E-state index is 0.105. The van der Waals surface area contributed by atoms with Crippen LogP contribution in [0.1, 0.15) is 357 Å². The summed E-state index contributed by atoms with van der Waals surface area (Å²) in [6.07, 6.45) is 45.8. The van der Waals surface area contributed by atoms with Crippen LogP contribution in [-0.2, 0) is 65.4 Å². The number of ether oxygens (including phenoxy) is 4. The Morgan fingerprint density at radius 2 is 0.567 bits per heavy atom. The van der Waals surface area contributed by atoms with Gasteiger partial charge in [-0.15, -0.1) is 0 Å². The van der Waals surface area contributed by atoms with E-state index in [1.165, 1.54) is 161 Å². The molecule has 0 aromatic heterocycles. The Labute approximate surface area is 549 Å². The SMILES string of the molecule is CCCCCCCCCCC(=O)OC[C@H](COP(=O)(O)OC[C@H](O)COP(=O)(O)OC[C@@H](COC(=O)CCCCCCCCCCCCCC(C)C)OC(=O)CCCCCCCCCCCCCCCC(C)C)OC(=O)CCCCCCCCCCC(C)CC. The van der Waals surface area contributed by atoms with Gasteiger partial charge in [0.2, 0.25) is 0 Å². The first-order chi connectivity index (χ1) is 43.3. The Kier molecular flexibility index (Phi) is 60.6. The second kappa shape index (κ2) is 61.9. The van der Waals surface area contributed by atoms with Crippen LogP contribution in [0.4, 0.5) is 0 Å². The van der Waals surface area contributed by atoms with Crippen molar-refractivity contribution in [2.45, 2.75) is 375 Å². The summed E-state index contributed by atoms with van der Waals surface area (Å²) in [7, 11) is -9.90.